The molecule has 2 N–H and O–H groups in total. The number of nitrogens with one attached hydrogen (secondary N) is 1. The van der Waals surface area contributed by atoms with Crippen molar-refractivity contribution in [2.75, 3.05) is 20.1 Å². The highest BCUT2D eigenvalue weighted by atomic mass is 16.4. The van der Waals surface area contributed by atoms with Gasteiger partial charge in [0.05, 0.1) is 0 Å². The molecular weight excluding hydrogens is 228 g/mol. The Morgan fingerprint density at radius 3 is 2.33 bits per heavy atom. The number of aliphatic carboxylic acids is 1. The van der Waals surface area contributed by atoms with E-state index in [-0.39, 0.29) is 0 Å². The van der Waals surface area contributed by atoms with Gasteiger partial charge >= 0.3 is 5.97 Å². The summed E-state index contributed by atoms with van der Waals surface area (Å²) in [7, 11) is 2.07. The molecule has 0 aliphatic heterocycles. The van der Waals surface area contributed by atoms with E-state index in [1.165, 1.54) is 0 Å². The molecule has 0 radical (unpaired) electrons. The maximum atomic E-state index is 11.3. The molecule has 2 atom stereocenters. The van der Waals surface area contributed by atoms with Crippen molar-refractivity contribution in [1.29, 1.82) is 0 Å². The van der Waals surface area contributed by atoms with Crippen LogP contribution in [0.3, 0.4) is 0 Å². The number of carbonyl (C=O) groups is 1. The summed E-state index contributed by atoms with van der Waals surface area (Å²) in [6, 6.07) is 0.490. The topological polar surface area (TPSA) is 52.6 Å². The van der Waals surface area contributed by atoms with Gasteiger partial charge in [-0.25, -0.2) is 0 Å². The van der Waals surface area contributed by atoms with E-state index in [4.69, 9.17) is 0 Å². The summed E-state index contributed by atoms with van der Waals surface area (Å²) in [5.41, 5.74) is -0.819. The zero-order chi connectivity index (χ0) is 14.3. The third-order valence-electron chi connectivity index (χ3n) is 3.57. The van der Waals surface area contributed by atoms with Crippen molar-refractivity contribution in [1.82, 2.24) is 10.2 Å². The van der Waals surface area contributed by atoms with E-state index in [0.717, 1.165) is 13.0 Å². The molecule has 0 aliphatic carbocycles. The van der Waals surface area contributed by atoms with E-state index in [9.17, 15) is 9.90 Å². The summed E-state index contributed by atoms with van der Waals surface area (Å²) in [6.45, 7) is 11.8. The molecule has 2 unspecified atom stereocenters. The predicted molar refractivity (Wildman–Crippen MR) is 75.9 cm³/mol. The summed E-state index contributed by atoms with van der Waals surface area (Å²) in [5, 5.41) is 12.3. The van der Waals surface area contributed by atoms with Crippen LogP contribution in [0.1, 0.15) is 47.5 Å². The van der Waals surface area contributed by atoms with E-state index in [1.807, 2.05) is 6.92 Å². The number of nitrogens with zero attached hydrogens (tertiary/aromatic N) is 1. The van der Waals surface area contributed by atoms with Crippen molar-refractivity contribution in [3.8, 4) is 0 Å². The highest BCUT2D eigenvalue weighted by Crippen LogP contribution is 2.14. The molecule has 18 heavy (non-hydrogen) atoms. The van der Waals surface area contributed by atoms with Gasteiger partial charge in [0.1, 0.15) is 5.54 Å². The first-order valence-corrected chi connectivity index (χ1v) is 6.91. The molecule has 108 valence electrons. The van der Waals surface area contributed by atoms with Crippen LogP contribution in [0.25, 0.3) is 0 Å². The SMILES string of the molecule is CCNC(C)(CCN(C)C(C)CC(C)C)C(=O)O. The molecule has 0 fully saturated rings. The van der Waals surface area contributed by atoms with E-state index in [2.05, 4.69) is 38.0 Å². The van der Waals surface area contributed by atoms with Gasteiger partial charge in [0.25, 0.3) is 0 Å². The first-order chi connectivity index (χ1) is 8.23. The Bertz CT molecular complexity index is 256. The third-order valence-corrected chi connectivity index (χ3v) is 3.57. The van der Waals surface area contributed by atoms with Crippen molar-refractivity contribution < 1.29 is 9.90 Å². The summed E-state index contributed by atoms with van der Waals surface area (Å²) in [6.07, 6.45) is 1.76. The smallest absolute Gasteiger partial charge is 0.323 e. The Hall–Kier alpha value is -0.610. The minimum Gasteiger partial charge on any atom is -0.480 e. The van der Waals surface area contributed by atoms with Crippen molar-refractivity contribution in [3.05, 3.63) is 0 Å². The molecule has 0 amide bonds. The van der Waals surface area contributed by atoms with Gasteiger partial charge in [0.15, 0.2) is 0 Å². The fourth-order valence-corrected chi connectivity index (χ4v) is 2.14. The number of hydrogen-bond donors (Lipinski definition) is 2. The first-order valence-electron chi connectivity index (χ1n) is 6.91. The Morgan fingerprint density at radius 1 is 1.39 bits per heavy atom. The van der Waals surface area contributed by atoms with Gasteiger partial charge in [-0.05, 0) is 46.2 Å². The maximum Gasteiger partial charge on any atom is 0.323 e. The van der Waals surface area contributed by atoms with Crippen molar-refractivity contribution in [3.63, 3.8) is 0 Å². The predicted octanol–water partition coefficient (Wildman–Crippen LogP) is 2.20. The van der Waals surface area contributed by atoms with Gasteiger partial charge in [0.2, 0.25) is 0 Å². The molecule has 0 saturated carbocycles. The van der Waals surface area contributed by atoms with Gasteiger partial charge < -0.3 is 15.3 Å². The lowest BCUT2D eigenvalue weighted by atomic mass is 9.96. The largest absolute Gasteiger partial charge is 0.480 e. The third kappa shape index (κ3) is 5.83. The summed E-state index contributed by atoms with van der Waals surface area (Å²) in [5.74, 6) is -0.101. The van der Waals surface area contributed by atoms with Crippen LogP contribution in [0.15, 0.2) is 0 Å². The van der Waals surface area contributed by atoms with E-state index >= 15 is 0 Å². The second kappa shape index (κ2) is 7.74. The highest BCUT2D eigenvalue weighted by Gasteiger charge is 2.32. The van der Waals surface area contributed by atoms with Gasteiger partial charge in [-0.2, -0.15) is 0 Å². The molecule has 4 nitrogen and oxygen atoms in total. The minimum absolute atomic E-state index is 0.490. The number of carboxylic acid groups (broad SMARTS) is 1. The minimum atomic E-state index is -0.819. The zero-order valence-corrected chi connectivity index (χ0v) is 12.8. The van der Waals surface area contributed by atoms with Crippen LogP contribution in [0.2, 0.25) is 0 Å². The molecule has 0 aromatic heterocycles. The average Bonchev–Trinajstić information content (AvgIpc) is 2.25. The number of rotatable bonds is 9. The number of likely N-dealkylation sites (N-methyl/N-ethyl adjacent to an activating group) is 1. The normalized spacial score (nSPS) is 16.9. The van der Waals surface area contributed by atoms with E-state index in [1.54, 1.807) is 6.92 Å². The average molecular weight is 258 g/mol. The number of hydrogen-bond acceptors (Lipinski definition) is 3. The molecule has 0 bridgehead atoms. The zero-order valence-electron chi connectivity index (χ0n) is 12.8. The summed E-state index contributed by atoms with van der Waals surface area (Å²) in [4.78, 5) is 13.5. The molecular formula is C14H30N2O2. The Balaban J connectivity index is 4.31. The fourth-order valence-electron chi connectivity index (χ4n) is 2.14. The van der Waals surface area contributed by atoms with E-state index in [0.29, 0.717) is 24.9 Å². The molecule has 0 saturated heterocycles. The lowest BCUT2D eigenvalue weighted by Crippen LogP contribution is -2.51. The number of carboxylic acids is 1. The molecule has 0 heterocycles. The van der Waals surface area contributed by atoms with Crippen LogP contribution >= 0.6 is 0 Å². The van der Waals surface area contributed by atoms with Crippen LogP contribution in [0, 0.1) is 5.92 Å². The van der Waals surface area contributed by atoms with Crippen LogP contribution in [-0.4, -0.2) is 47.7 Å². The second-order valence-electron chi connectivity index (χ2n) is 5.88. The van der Waals surface area contributed by atoms with E-state index < -0.39 is 11.5 Å². The van der Waals surface area contributed by atoms with Crippen molar-refractivity contribution in [2.45, 2.75) is 59.0 Å². The van der Waals surface area contributed by atoms with Crippen LogP contribution in [-0.2, 0) is 4.79 Å². The van der Waals surface area contributed by atoms with Gasteiger partial charge in [-0.3, -0.25) is 4.79 Å². The van der Waals surface area contributed by atoms with Crippen molar-refractivity contribution in [2.24, 2.45) is 5.92 Å². The first kappa shape index (κ1) is 17.4. The van der Waals surface area contributed by atoms with Crippen molar-refractivity contribution >= 4 is 5.97 Å². The molecule has 0 spiro atoms. The second-order valence-corrected chi connectivity index (χ2v) is 5.88. The Labute approximate surface area is 112 Å². The maximum absolute atomic E-state index is 11.3. The molecule has 0 rings (SSSR count). The lowest BCUT2D eigenvalue weighted by Gasteiger charge is -2.31. The monoisotopic (exact) mass is 258 g/mol. The summed E-state index contributed by atoms with van der Waals surface area (Å²) < 4.78 is 0. The highest BCUT2D eigenvalue weighted by molar-refractivity contribution is 5.78. The van der Waals surface area contributed by atoms with Crippen LogP contribution < -0.4 is 5.32 Å². The molecule has 4 heteroatoms. The fraction of sp³-hybridized carbons (Fsp3) is 0.929. The van der Waals surface area contributed by atoms with Gasteiger partial charge in [-0.1, -0.05) is 20.8 Å². The standard InChI is InChI=1S/C14H30N2O2/c1-7-15-14(5,13(17)18)8-9-16(6)12(4)10-11(2)3/h11-12,15H,7-10H2,1-6H3,(H,17,18). The summed E-state index contributed by atoms with van der Waals surface area (Å²) >= 11 is 0. The Kier molecular flexibility index (Phi) is 7.48. The molecule has 0 aliphatic rings. The van der Waals surface area contributed by atoms with Crippen LogP contribution in [0.5, 0.6) is 0 Å². The van der Waals surface area contributed by atoms with Crippen LogP contribution in [0.4, 0.5) is 0 Å². The molecule has 0 aromatic rings. The molecule has 0 aromatic carbocycles. The van der Waals surface area contributed by atoms with Gasteiger partial charge in [0, 0.05) is 12.6 Å². The van der Waals surface area contributed by atoms with Gasteiger partial charge in [-0.15, -0.1) is 0 Å². The lowest BCUT2D eigenvalue weighted by molar-refractivity contribution is -0.144. The Morgan fingerprint density at radius 2 is 1.94 bits per heavy atom. The quantitative estimate of drug-likeness (QED) is 0.665.